The van der Waals surface area contributed by atoms with Gasteiger partial charge in [0.1, 0.15) is 5.75 Å². The van der Waals surface area contributed by atoms with E-state index in [2.05, 4.69) is 23.8 Å². The highest BCUT2D eigenvalue weighted by molar-refractivity contribution is 5.41. The monoisotopic (exact) mass is 243 g/mol. The molecule has 1 aromatic carbocycles. The number of benzene rings is 1. The van der Waals surface area contributed by atoms with Gasteiger partial charge in [-0.15, -0.1) is 6.42 Å². The molecule has 1 atom stereocenters. The number of aromatic hydroxyl groups is 1. The molecule has 0 bridgehead atoms. The molecule has 1 unspecified atom stereocenters. The first-order valence-electron chi connectivity index (χ1n) is 6.73. The quantitative estimate of drug-likeness (QED) is 0.822. The first-order valence-corrected chi connectivity index (χ1v) is 6.73. The Morgan fingerprint density at radius 3 is 3.06 bits per heavy atom. The van der Waals surface area contributed by atoms with Crippen LogP contribution in [0.2, 0.25) is 0 Å². The lowest BCUT2D eigenvalue weighted by molar-refractivity contribution is 0.201. The largest absolute Gasteiger partial charge is 0.508 e. The van der Waals surface area contributed by atoms with Gasteiger partial charge in [0.05, 0.1) is 6.54 Å². The van der Waals surface area contributed by atoms with Gasteiger partial charge in [-0.25, -0.2) is 0 Å². The van der Waals surface area contributed by atoms with Crippen molar-refractivity contribution >= 4 is 0 Å². The summed E-state index contributed by atoms with van der Waals surface area (Å²) in [5.74, 6) is 3.21. The Labute approximate surface area is 110 Å². The second-order valence-corrected chi connectivity index (χ2v) is 4.99. The van der Waals surface area contributed by atoms with E-state index in [0.717, 1.165) is 44.3 Å². The predicted molar refractivity (Wildman–Crippen MR) is 74.6 cm³/mol. The van der Waals surface area contributed by atoms with Crippen molar-refractivity contribution < 1.29 is 5.11 Å². The molecular formula is C16H21NO. The highest BCUT2D eigenvalue weighted by atomic mass is 16.3. The lowest BCUT2D eigenvalue weighted by atomic mass is 9.87. The fourth-order valence-corrected chi connectivity index (χ4v) is 2.87. The zero-order valence-electron chi connectivity index (χ0n) is 11.0. The molecular weight excluding hydrogens is 222 g/mol. The highest BCUT2D eigenvalue weighted by Crippen LogP contribution is 2.30. The summed E-state index contributed by atoms with van der Waals surface area (Å²) in [6.07, 6.45) is 9.63. The molecule has 0 saturated carbocycles. The van der Waals surface area contributed by atoms with Gasteiger partial charge in [-0.05, 0) is 49.4 Å². The van der Waals surface area contributed by atoms with Crippen LogP contribution in [0, 0.1) is 12.3 Å². The number of hydrogen-bond donors (Lipinski definition) is 1. The van der Waals surface area contributed by atoms with E-state index in [1.54, 1.807) is 6.07 Å². The van der Waals surface area contributed by atoms with Gasteiger partial charge in [0.15, 0.2) is 0 Å². The van der Waals surface area contributed by atoms with Crippen LogP contribution in [0.15, 0.2) is 18.2 Å². The van der Waals surface area contributed by atoms with Crippen LogP contribution in [-0.2, 0) is 12.8 Å². The molecule has 0 saturated heterocycles. The summed E-state index contributed by atoms with van der Waals surface area (Å²) < 4.78 is 0. The molecule has 0 aromatic heterocycles. The first kappa shape index (κ1) is 13.0. The van der Waals surface area contributed by atoms with Gasteiger partial charge >= 0.3 is 0 Å². The van der Waals surface area contributed by atoms with E-state index < -0.39 is 0 Å². The fourth-order valence-electron chi connectivity index (χ4n) is 2.87. The normalized spacial score (nSPS) is 18.4. The van der Waals surface area contributed by atoms with Crippen LogP contribution >= 0.6 is 0 Å². The lowest BCUT2D eigenvalue weighted by Gasteiger charge is -2.34. The lowest BCUT2D eigenvalue weighted by Crippen LogP contribution is -2.40. The van der Waals surface area contributed by atoms with Crippen LogP contribution in [0.4, 0.5) is 0 Å². The molecule has 0 aliphatic heterocycles. The van der Waals surface area contributed by atoms with Crippen molar-refractivity contribution in [3.63, 3.8) is 0 Å². The second-order valence-electron chi connectivity index (χ2n) is 4.99. The average molecular weight is 243 g/mol. The van der Waals surface area contributed by atoms with Crippen LogP contribution in [-0.4, -0.2) is 29.1 Å². The van der Waals surface area contributed by atoms with Crippen LogP contribution in [0.5, 0.6) is 5.75 Å². The smallest absolute Gasteiger partial charge is 0.119 e. The zero-order chi connectivity index (χ0) is 13.0. The number of hydrogen-bond acceptors (Lipinski definition) is 2. The van der Waals surface area contributed by atoms with Gasteiger partial charge in [0.25, 0.3) is 0 Å². The summed E-state index contributed by atoms with van der Waals surface area (Å²) >= 11 is 0. The third-order valence-electron chi connectivity index (χ3n) is 3.75. The number of phenols is 1. The average Bonchev–Trinajstić information content (AvgIpc) is 2.38. The summed E-state index contributed by atoms with van der Waals surface area (Å²) in [5, 5.41) is 9.84. The van der Waals surface area contributed by atoms with Crippen LogP contribution in [0.1, 0.15) is 30.9 Å². The minimum atomic E-state index is 0.449. The summed E-state index contributed by atoms with van der Waals surface area (Å²) in [7, 11) is 0. The molecule has 0 heterocycles. The van der Waals surface area contributed by atoms with Crippen LogP contribution in [0.3, 0.4) is 0 Å². The first-order chi connectivity index (χ1) is 8.76. The van der Waals surface area contributed by atoms with Crippen LogP contribution < -0.4 is 0 Å². The Hall–Kier alpha value is -1.46. The third-order valence-corrected chi connectivity index (χ3v) is 3.75. The zero-order valence-corrected chi connectivity index (χ0v) is 11.0. The number of phenolic OH excluding ortho intramolecular Hbond substituents is 1. The van der Waals surface area contributed by atoms with E-state index in [1.165, 1.54) is 5.56 Å². The molecule has 0 fully saturated rings. The Morgan fingerprint density at radius 1 is 1.50 bits per heavy atom. The predicted octanol–water partition coefficient (Wildman–Crippen LogP) is 2.59. The molecule has 1 aliphatic rings. The molecule has 0 spiro atoms. The molecule has 1 N–H and O–H groups in total. The minimum absolute atomic E-state index is 0.449. The van der Waals surface area contributed by atoms with Gasteiger partial charge in [-0.1, -0.05) is 25.0 Å². The van der Waals surface area contributed by atoms with Gasteiger partial charge in [-0.3, -0.25) is 4.90 Å². The minimum Gasteiger partial charge on any atom is -0.508 e. The SMILES string of the molecule is C#CCN(CCC)C1CCc2c(O)cccc2C1. The second kappa shape index (κ2) is 5.93. The Bertz CT molecular complexity index is 447. The van der Waals surface area contributed by atoms with Crippen molar-refractivity contribution in [1.82, 2.24) is 4.90 Å². The Morgan fingerprint density at radius 2 is 2.33 bits per heavy atom. The number of fused-ring (bicyclic) bond motifs is 1. The third kappa shape index (κ3) is 2.68. The van der Waals surface area contributed by atoms with E-state index in [0.29, 0.717) is 11.8 Å². The van der Waals surface area contributed by atoms with E-state index in [4.69, 9.17) is 6.42 Å². The fraction of sp³-hybridized carbons (Fsp3) is 0.500. The van der Waals surface area contributed by atoms with E-state index in [-0.39, 0.29) is 0 Å². The van der Waals surface area contributed by atoms with Crippen molar-refractivity contribution in [2.24, 2.45) is 0 Å². The maximum atomic E-state index is 9.84. The summed E-state index contributed by atoms with van der Waals surface area (Å²) in [5.41, 5.74) is 2.41. The standard InChI is InChI=1S/C16H21NO/c1-3-10-17(11-4-2)14-8-9-15-13(12-14)6-5-7-16(15)18/h1,5-7,14,18H,4,8-12H2,2H3. The van der Waals surface area contributed by atoms with Gasteiger partial charge < -0.3 is 5.11 Å². The van der Waals surface area contributed by atoms with E-state index in [1.807, 2.05) is 6.07 Å². The Balaban J connectivity index is 2.13. The van der Waals surface area contributed by atoms with Crippen molar-refractivity contribution in [2.45, 2.75) is 38.6 Å². The number of terminal acetylenes is 1. The van der Waals surface area contributed by atoms with Crippen LogP contribution in [0.25, 0.3) is 0 Å². The van der Waals surface area contributed by atoms with Gasteiger partial charge in [0.2, 0.25) is 0 Å². The molecule has 2 heteroatoms. The molecule has 2 nitrogen and oxygen atoms in total. The molecule has 18 heavy (non-hydrogen) atoms. The topological polar surface area (TPSA) is 23.5 Å². The number of rotatable bonds is 4. The van der Waals surface area contributed by atoms with Gasteiger partial charge in [0, 0.05) is 6.04 Å². The Kier molecular flexibility index (Phi) is 4.28. The molecule has 1 aliphatic carbocycles. The maximum absolute atomic E-state index is 9.84. The summed E-state index contributed by atoms with van der Waals surface area (Å²) in [6, 6.07) is 6.36. The molecule has 0 radical (unpaired) electrons. The van der Waals surface area contributed by atoms with Crippen molar-refractivity contribution in [2.75, 3.05) is 13.1 Å². The van der Waals surface area contributed by atoms with Crippen molar-refractivity contribution in [3.8, 4) is 18.1 Å². The molecule has 0 amide bonds. The van der Waals surface area contributed by atoms with E-state index >= 15 is 0 Å². The molecule has 1 aromatic rings. The maximum Gasteiger partial charge on any atom is 0.119 e. The highest BCUT2D eigenvalue weighted by Gasteiger charge is 2.24. The number of nitrogens with zero attached hydrogens (tertiary/aromatic N) is 1. The molecule has 96 valence electrons. The van der Waals surface area contributed by atoms with Gasteiger partial charge in [-0.2, -0.15) is 0 Å². The summed E-state index contributed by atoms with van der Waals surface area (Å²) in [4.78, 5) is 2.40. The van der Waals surface area contributed by atoms with Crippen molar-refractivity contribution in [1.29, 1.82) is 0 Å². The molecule has 2 rings (SSSR count). The van der Waals surface area contributed by atoms with Crippen molar-refractivity contribution in [3.05, 3.63) is 29.3 Å². The summed E-state index contributed by atoms with van der Waals surface area (Å²) in [6.45, 7) is 3.97. The van der Waals surface area contributed by atoms with E-state index in [9.17, 15) is 5.11 Å².